The van der Waals surface area contributed by atoms with E-state index in [9.17, 15) is 0 Å². The van der Waals surface area contributed by atoms with Crippen LogP contribution < -0.4 is 5.32 Å². The first-order valence-electron chi connectivity index (χ1n) is 5.64. The van der Waals surface area contributed by atoms with Crippen molar-refractivity contribution < 1.29 is 0 Å². The van der Waals surface area contributed by atoms with Crippen molar-refractivity contribution in [3.8, 4) is 0 Å². The molecule has 2 heterocycles. The molecule has 0 radical (unpaired) electrons. The molecule has 0 aliphatic carbocycles. The maximum Gasteiger partial charge on any atom is 0.137 e. The number of para-hydroxylation sites is 1. The molecule has 5 nitrogen and oxygen atoms in total. The summed E-state index contributed by atoms with van der Waals surface area (Å²) < 4.78 is 0. The van der Waals surface area contributed by atoms with E-state index in [-0.39, 0.29) is 0 Å². The Hall–Kier alpha value is -2.56. The molecular formula is C13H11N5. The summed E-state index contributed by atoms with van der Waals surface area (Å²) in [6.45, 7) is 0.592. The third kappa shape index (κ3) is 2.10. The first kappa shape index (κ1) is 10.6. The number of rotatable bonds is 3. The summed E-state index contributed by atoms with van der Waals surface area (Å²) in [6, 6.07) is 11.7. The van der Waals surface area contributed by atoms with Gasteiger partial charge in [-0.1, -0.05) is 12.1 Å². The number of nitrogens with zero attached hydrogens (tertiary/aromatic N) is 4. The van der Waals surface area contributed by atoms with Crippen LogP contribution in [-0.2, 0) is 6.54 Å². The Morgan fingerprint density at radius 3 is 2.83 bits per heavy atom. The van der Waals surface area contributed by atoms with Gasteiger partial charge in [0.2, 0.25) is 0 Å². The Bertz CT molecular complexity index is 648. The third-order valence-corrected chi connectivity index (χ3v) is 2.61. The number of benzene rings is 1. The second kappa shape index (κ2) is 4.75. The molecule has 3 aromatic rings. The molecule has 1 N–H and O–H groups in total. The van der Waals surface area contributed by atoms with Gasteiger partial charge in [-0.2, -0.15) is 10.2 Å². The summed E-state index contributed by atoms with van der Waals surface area (Å²) in [4.78, 5) is 8.47. The topological polar surface area (TPSA) is 63.6 Å². The number of hydrogen-bond acceptors (Lipinski definition) is 5. The number of nitrogens with one attached hydrogen (secondary N) is 1. The predicted molar refractivity (Wildman–Crippen MR) is 68.9 cm³/mol. The van der Waals surface area contributed by atoms with Gasteiger partial charge in [-0.05, 0) is 24.3 Å². The highest BCUT2D eigenvalue weighted by molar-refractivity contribution is 5.88. The SMILES string of the molecule is c1cnnc(CNc2ncnc3ccccc23)c1. The highest BCUT2D eigenvalue weighted by Gasteiger charge is 2.02. The van der Waals surface area contributed by atoms with Crippen LogP contribution in [0.2, 0.25) is 0 Å². The van der Waals surface area contributed by atoms with Gasteiger partial charge in [0.1, 0.15) is 12.1 Å². The molecule has 0 fully saturated rings. The highest BCUT2D eigenvalue weighted by Crippen LogP contribution is 2.18. The normalized spacial score (nSPS) is 10.4. The zero-order valence-corrected chi connectivity index (χ0v) is 9.61. The second-order valence-corrected chi connectivity index (χ2v) is 3.81. The minimum atomic E-state index is 0.592. The largest absolute Gasteiger partial charge is 0.364 e. The third-order valence-electron chi connectivity index (χ3n) is 2.61. The molecule has 18 heavy (non-hydrogen) atoms. The van der Waals surface area contributed by atoms with E-state index in [1.807, 2.05) is 36.4 Å². The van der Waals surface area contributed by atoms with Crippen LogP contribution in [0.25, 0.3) is 10.9 Å². The van der Waals surface area contributed by atoms with Crippen LogP contribution in [0.15, 0.2) is 48.9 Å². The molecule has 0 amide bonds. The number of fused-ring (bicyclic) bond motifs is 1. The van der Waals surface area contributed by atoms with Gasteiger partial charge in [0.05, 0.1) is 17.8 Å². The molecule has 0 atom stereocenters. The van der Waals surface area contributed by atoms with Crippen molar-refractivity contribution in [1.82, 2.24) is 20.2 Å². The summed E-state index contributed by atoms with van der Waals surface area (Å²) in [5, 5.41) is 12.1. The Morgan fingerprint density at radius 2 is 1.94 bits per heavy atom. The molecule has 2 aromatic heterocycles. The quantitative estimate of drug-likeness (QED) is 0.755. The van der Waals surface area contributed by atoms with E-state index in [2.05, 4.69) is 25.5 Å². The fraction of sp³-hybridized carbons (Fsp3) is 0.0769. The average molecular weight is 237 g/mol. The van der Waals surface area contributed by atoms with E-state index in [1.54, 1.807) is 12.5 Å². The summed E-state index contributed by atoms with van der Waals surface area (Å²) >= 11 is 0. The van der Waals surface area contributed by atoms with E-state index >= 15 is 0 Å². The van der Waals surface area contributed by atoms with Gasteiger partial charge in [-0.3, -0.25) is 0 Å². The molecule has 0 saturated carbocycles. The van der Waals surface area contributed by atoms with Crippen LogP contribution in [0.5, 0.6) is 0 Å². The average Bonchev–Trinajstić information content (AvgIpc) is 2.46. The minimum Gasteiger partial charge on any atom is -0.364 e. The van der Waals surface area contributed by atoms with Gasteiger partial charge < -0.3 is 5.32 Å². The molecule has 3 rings (SSSR count). The summed E-state index contributed by atoms with van der Waals surface area (Å²) in [6.07, 6.45) is 3.21. The van der Waals surface area contributed by atoms with Gasteiger partial charge in [0, 0.05) is 11.6 Å². The van der Waals surface area contributed by atoms with Crippen molar-refractivity contribution in [2.45, 2.75) is 6.54 Å². The molecule has 0 spiro atoms. The molecule has 5 heteroatoms. The van der Waals surface area contributed by atoms with E-state index in [4.69, 9.17) is 0 Å². The standard InChI is InChI=1S/C13H11N5/c1-2-6-12-11(5-1)13(16-9-15-12)14-8-10-4-3-7-17-18-10/h1-7,9H,8H2,(H,14,15,16). The van der Waals surface area contributed by atoms with Crippen molar-refractivity contribution in [2.24, 2.45) is 0 Å². The fourth-order valence-corrected chi connectivity index (χ4v) is 1.75. The minimum absolute atomic E-state index is 0.592. The zero-order chi connectivity index (χ0) is 12.2. The lowest BCUT2D eigenvalue weighted by molar-refractivity contribution is 0.921. The van der Waals surface area contributed by atoms with E-state index in [1.165, 1.54) is 0 Å². The molecule has 0 saturated heterocycles. The zero-order valence-electron chi connectivity index (χ0n) is 9.61. The van der Waals surface area contributed by atoms with Crippen LogP contribution >= 0.6 is 0 Å². The Balaban J connectivity index is 1.87. The van der Waals surface area contributed by atoms with Gasteiger partial charge in [-0.25, -0.2) is 9.97 Å². The monoisotopic (exact) mass is 237 g/mol. The molecule has 0 bridgehead atoms. The number of hydrogen-bond donors (Lipinski definition) is 1. The van der Waals surface area contributed by atoms with E-state index < -0.39 is 0 Å². The van der Waals surface area contributed by atoms with Gasteiger partial charge in [-0.15, -0.1) is 0 Å². The van der Waals surface area contributed by atoms with Crippen LogP contribution in [0.4, 0.5) is 5.82 Å². The lowest BCUT2D eigenvalue weighted by Gasteiger charge is -2.07. The Labute approximate surface area is 104 Å². The van der Waals surface area contributed by atoms with Crippen LogP contribution in [0, 0.1) is 0 Å². The molecule has 0 unspecified atom stereocenters. The highest BCUT2D eigenvalue weighted by atomic mass is 15.1. The summed E-state index contributed by atoms with van der Waals surface area (Å²) in [7, 11) is 0. The van der Waals surface area contributed by atoms with Gasteiger partial charge in [0.15, 0.2) is 0 Å². The van der Waals surface area contributed by atoms with E-state index in [0.29, 0.717) is 6.54 Å². The molecular weight excluding hydrogens is 226 g/mol. The number of aromatic nitrogens is 4. The van der Waals surface area contributed by atoms with Crippen LogP contribution in [0.1, 0.15) is 5.69 Å². The van der Waals surface area contributed by atoms with Crippen molar-refractivity contribution in [2.75, 3.05) is 5.32 Å². The molecule has 0 aliphatic heterocycles. The lowest BCUT2D eigenvalue weighted by atomic mass is 10.2. The van der Waals surface area contributed by atoms with Crippen LogP contribution in [-0.4, -0.2) is 20.2 Å². The first-order valence-corrected chi connectivity index (χ1v) is 5.64. The Morgan fingerprint density at radius 1 is 1.00 bits per heavy atom. The van der Waals surface area contributed by atoms with Gasteiger partial charge in [0.25, 0.3) is 0 Å². The van der Waals surface area contributed by atoms with Crippen LogP contribution in [0.3, 0.4) is 0 Å². The lowest BCUT2D eigenvalue weighted by Crippen LogP contribution is -2.04. The molecule has 0 aliphatic rings. The maximum atomic E-state index is 4.25. The van der Waals surface area contributed by atoms with Crippen molar-refractivity contribution >= 4 is 16.7 Å². The molecule has 1 aromatic carbocycles. The maximum absolute atomic E-state index is 4.25. The van der Waals surface area contributed by atoms with Crippen molar-refractivity contribution in [3.05, 3.63) is 54.6 Å². The van der Waals surface area contributed by atoms with Gasteiger partial charge >= 0.3 is 0 Å². The van der Waals surface area contributed by atoms with Crippen molar-refractivity contribution in [3.63, 3.8) is 0 Å². The fourth-order valence-electron chi connectivity index (χ4n) is 1.75. The summed E-state index contributed by atoms with van der Waals surface area (Å²) in [5.74, 6) is 0.811. The predicted octanol–water partition coefficient (Wildman–Crippen LogP) is 2.03. The second-order valence-electron chi connectivity index (χ2n) is 3.81. The smallest absolute Gasteiger partial charge is 0.137 e. The van der Waals surface area contributed by atoms with Crippen molar-refractivity contribution in [1.29, 1.82) is 0 Å². The Kier molecular flexibility index (Phi) is 2.79. The number of anilines is 1. The summed E-state index contributed by atoms with van der Waals surface area (Å²) in [5.41, 5.74) is 1.80. The molecule has 88 valence electrons. The van der Waals surface area contributed by atoms with E-state index in [0.717, 1.165) is 22.4 Å². The first-order chi connectivity index (χ1) is 8.93.